The van der Waals surface area contributed by atoms with Crippen molar-refractivity contribution in [1.29, 1.82) is 0 Å². The van der Waals surface area contributed by atoms with Crippen LogP contribution in [0.3, 0.4) is 0 Å². The summed E-state index contributed by atoms with van der Waals surface area (Å²) >= 11 is 4.81. The zero-order valence-electron chi connectivity index (χ0n) is 14.1. The van der Waals surface area contributed by atoms with Crippen molar-refractivity contribution in [2.75, 3.05) is 11.9 Å². The summed E-state index contributed by atoms with van der Waals surface area (Å²) in [7, 11) is 0. The molecular formula is C17H15F3N4O3S. The highest BCUT2D eigenvalue weighted by Gasteiger charge is 2.29. The van der Waals surface area contributed by atoms with E-state index in [2.05, 4.69) is 21.5 Å². The van der Waals surface area contributed by atoms with E-state index in [1.807, 2.05) is 0 Å². The van der Waals surface area contributed by atoms with Gasteiger partial charge in [0.2, 0.25) is 0 Å². The number of hydrogen-bond acceptors (Lipinski definition) is 4. The number of amides is 1. The number of rotatable bonds is 5. The third-order valence-electron chi connectivity index (χ3n) is 3.35. The predicted molar refractivity (Wildman–Crippen MR) is 100 cm³/mol. The van der Waals surface area contributed by atoms with Crippen molar-refractivity contribution in [2.24, 2.45) is 0 Å². The lowest BCUT2D eigenvalue weighted by atomic mass is 10.1. The number of hydrazine groups is 1. The molecule has 2 rings (SSSR count). The number of aliphatic carboxylic acids is 1. The number of para-hydroxylation sites is 1. The highest BCUT2D eigenvalue weighted by Crippen LogP contribution is 2.30. The number of thiocarbonyl (C=S) groups is 1. The molecule has 2 aromatic carbocycles. The first-order valence-electron chi connectivity index (χ1n) is 7.76. The largest absolute Gasteiger partial charge is 0.480 e. The molecule has 0 saturated carbocycles. The topological polar surface area (TPSA) is 102 Å². The average Bonchev–Trinajstić information content (AvgIpc) is 2.64. The Hall–Kier alpha value is -3.34. The Morgan fingerprint density at radius 2 is 1.64 bits per heavy atom. The van der Waals surface area contributed by atoms with Crippen LogP contribution in [0.25, 0.3) is 0 Å². The normalized spacial score (nSPS) is 10.7. The lowest BCUT2D eigenvalue weighted by Crippen LogP contribution is -2.47. The van der Waals surface area contributed by atoms with Crippen LogP contribution < -0.4 is 21.5 Å². The lowest BCUT2D eigenvalue weighted by Gasteiger charge is -2.14. The first kappa shape index (κ1) is 21.0. The summed E-state index contributed by atoms with van der Waals surface area (Å²) in [5, 5.41) is 13.7. The maximum absolute atomic E-state index is 12.6. The van der Waals surface area contributed by atoms with E-state index in [4.69, 9.17) is 17.3 Å². The zero-order chi connectivity index (χ0) is 20.7. The Morgan fingerprint density at radius 1 is 1.00 bits per heavy atom. The molecular weight excluding hydrogens is 397 g/mol. The Labute approximate surface area is 162 Å². The summed E-state index contributed by atoms with van der Waals surface area (Å²) in [4.78, 5) is 22.8. The zero-order valence-corrected chi connectivity index (χ0v) is 14.9. The van der Waals surface area contributed by atoms with E-state index in [9.17, 15) is 22.8 Å². The highest BCUT2D eigenvalue weighted by atomic mass is 32.1. The molecule has 0 atom stereocenters. The number of nitrogens with one attached hydrogen (secondary N) is 4. The molecule has 0 aliphatic rings. The van der Waals surface area contributed by atoms with Crippen LogP contribution in [-0.4, -0.2) is 28.6 Å². The van der Waals surface area contributed by atoms with Crippen LogP contribution in [0.5, 0.6) is 0 Å². The third kappa shape index (κ3) is 6.13. The number of hydrogen-bond donors (Lipinski definition) is 5. The van der Waals surface area contributed by atoms with Gasteiger partial charge in [-0.25, -0.2) is 0 Å². The summed E-state index contributed by atoms with van der Waals surface area (Å²) in [6.45, 7) is -0.423. The average molecular weight is 412 g/mol. The number of carbonyl (C=O) groups is 2. The van der Waals surface area contributed by atoms with Crippen molar-refractivity contribution in [3.05, 3.63) is 59.7 Å². The molecule has 1 amide bonds. The highest BCUT2D eigenvalue weighted by molar-refractivity contribution is 7.80. The summed E-state index contributed by atoms with van der Waals surface area (Å²) in [5.74, 6) is -1.71. The second kappa shape index (κ2) is 9.04. The van der Waals surface area contributed by atoms with E-state index in [-0.39, 0.29) is 10.7 Å². The van der Waals surface area contributed by atoms with Gasteiger partial charge in [0.15, 0.2) is 5.11 Å². The van der Waals surface area contributed by atoms with Crippen molar-refractivity contribution in [2.45, 2.75) is 6.18 Å². The second-order valence-corrected chi connectivity index (χ2v) is 5.81. The molecule has 0 saturated heterocycles. The molecule has 0 bridgehead atoms. The van der Waals surface area contributed by atoms with Crippen molar-refractivity contribution < 1.29 is 27.9 Å². The molecule has 0 fully saturated rings. The predicted octanol–water partition coefficient (Wildman–Crippen LogP) is 2.64. The monoisotopic (exact) mass is 412 g/mol. The van der Waals surface area contributed by atoms with Crippen molar-refractivity contribution in [3.63, 3.8) is 0 Å². The van der Waals surface area contributed by atoms with Gasteiger partial charge in [-0.15, -0.1) is 0 Å². The van der Waals surface area contributed by atoms with Crippen LogP contribution in [-0.2, 0) is 11.0 Å². The van der Waals surface area contributed by atoms with E-state index in [1.165, 1.54) is 18.2 Å². The second-order valence-electron chi connectivity index (χ2n) is 5.40. The summed E-state index contributed by atoms with van der Waals surface area (Å²) < 4.78 is 37.9. The van der Waals surface area contributed by atoms with Gasteiger partial charge in [-0.2, -0.15) is 13.2 Å². The molecule has 0 spiro atoms. The Kier molecular flexibility index (Phi) is 6.77. The van der Waals surface area contributed by atoms with Crippen molar-refractivity contribution in [3.8, 4) is 0 Å². The molecule has 0 radical (unpaired) electrons. The SMILES string of the molecule is O=C(O)CNC(=S)NNC(=O)c1ccccc1Nc1ccc(C(F)(F)F)cc1. The Bertz CT molecular complexity index is 873. The molecule has 28 heavy (non-hydrogen) atoms. The number of carboxylic acids is 1. The smallest absolute Gasteiger partial charge is 0.416 e. The molecule has 0 heterocycles. The van der Waals surface area contributed by atoms with Gasteiger partial charge in [-0.1, -0.05) is 12.1 Å². The van der Waals surface area contributed by atoms with Crippen LogP contribution >= 0.6 is 12.2 Å². The lowest BCUT2D eigenvalue weighted by molar-refractivity contribution is -0.137. The number of carbonyl (C=O) groups excluding carboxylic acids is 1. The Morgan fingerprint density at radius 3 is 2.25 bits per heavy atom. The van der Waals surface area contributed by atoms with Crippen molar-refractivity contribution >= 4 is 40.6 Å². The minimum absolute atomic E-state index is 0.0936. The Balaban J connectivity index is 2.05. The minimum atomic E-state index is -4.44. The quantitative estimate of drug-likeness (QED) is 0.380. The van der Waals surface area contributed by atoms with Crippen LogP contribution in [0.15, 0.2) is 48.5 Å². The maximum atomic E-state index is 12.6. The van der Waals surface area contributed by atoms with Crippen molar-refractivity contribution in [1.82, 2.24) is 16.2 Å². The summed E-state index contributed by atoms with van der Waals surface area (Å²) in [5.41, 5.74) is 4.78. The van der Waals surface area contributed by atoms with E-state index >= 15 is 0 Å². The number of benzene rings is 2. The van der Waals surface area contributed by atoms with Gasteiger partial charge >= 0.3 is 12.1 Å². The summed E-state index contributed by atoms with van der Waals surface area (Å²) in [6, 6.07) is 10.7. The van der Waals surface area contributed by atoms with Gasteiger partial charge in [0, 0.05) is 5.69 Å². The van der Waals surface area contributed by atoms with Gasteiger partial charge in [0.05, 0.1) is 16.8 Å². The van der Waals surface area contributed by atoms with Gasteiger partial charge in [0.25, 0.3) is 5.91 Å². The summed E-state index contributed by atoms with van der Waals surface area (Å²) in [6.07, 6.45) is -4.44. The molecule has 0 unspecified atom stereocenters. The number of anilines is 2. The molecule has 7 nitrogen and oxygen atoms in total. The fraction of sp³-hybridized carbons (Fsp3) is 0.118. The van der Waals surface area contributed by atoms with Gasteiger partial charge in [0.1, 0.15) is 6.54 Å². The molecule has 0 aliphatic carbocycles. The minimum Gasteiger partial charge on any atom is -0.480 e. The van der Waals surface area contributed by atoms with Gasteiger partial charge < -0.3 is 15.7 Å². The molecule has 148 valence electrons. The fourth-order valence-electron chi connectivity index (χ4n) is 2.07. The van der Waals surface area contributed by atoms with Crippen LogP contribution in [0.2, 0.25) is 0 Å². The van der Waals surface area contributed by atoms with Gasteiger partial charge in [-0.05, 0) is 48.6 Å². The van der Waals surface area contributed by atoms with E-state index < -0.39 is 30.2 Å². The molecule has 0 aromatic heterocycles. The van der Waals surface area contributed by atoms with Crippen LogP contribution in [0.4, 0.5) is 24.5 Å². The maximum Gasteiger partial charge on any atom is 0.416 e. The number of carboxylic acid groups (broad SMARTS) is 1. The first-order valence-corrected chi connectivity index (χ1v) is 8.17. The van der Waals surface area contributed by atoms with E-state index in [0.717, 1.165) is 12.1 Å². The molecule has 0 aliphatic heterocycles. The third-order valence-corrected chi connectivity index (χ3v) is 3.60. The number of alkyl halides is 3. The fourth-order valence-corrected chi connectivity index (χ4v) is 2.19. The van der Waals surface area contributed by atoms with Crippen LogP contribution in [0.1, 0.15) is 15.9 Å². The van der Waals surface area contributed by atoms with E-state index in [1.54, 1.807) is 18.2 Å². The molecule has 5 N–H and O–H groups in total. The van der Waals surface area contributed by atoms with Crippen LogP contribution in [0, 0.1) is 0 Å². The number of halogens is 3. The van der Waals surface area contributed by atoms with E-state index in [0.29, 0.717) is 11.4 Å². The molecule has 2 aromatic rings. The van der Waals surface area contributed by atoms with Gasteiger partial charge in [-0.3, -0.25) is 20.4 Å². The standard InChI is InChI=1S/C17H15F3N4O3S/c18-17(19,20)10-5-7-11(8-6-10)22-13-4-2-1-3-12(13)15(27)23-24-16(28)21-9-14(25)26/h1-8,22H,9H2,(H,23,27)(H,25,26)(H2,21,24,28). The first-order chi connectivity index (χ1) is 13.2. The molecule has 11 heteroatoms.